The highest BCUT2D eigenvalue weighted by Crippen LogP contribution is 2.34. The number of benzene rings is 1. The highest BCUT2D eigenvalue weighted by atomic mass is 35.5. The van der Waals surface area contributed by atoms with Crippen LogP contribution in [0.15, 0.2) is 36.5 Å². The summed E-state index contributed by atoms with van der Waals surface area (Å²) in [5, 5.41) is -0.143. The third-order valence-electron chi connectivity index (χ3n) is 2.82. The van der Waals surface area contributed by atoms with Gasteiger partial charge in [0.05, 0.1) is 28.5 Å². The second-order valence-electron chi connectivity index (χ2n) is 4.35. The van der Waals surface area contributed by atoms with Crippen LogP contribution < -0.4 is 0 Å². The van der Waals surface area contributed by atoms with Crippen LogP contribution >= 0.6 is 11.6 Å². The average molecular weight is 330 g/mol. The van der Waals surface area contributed by atoms with E-state index in [1.807, 2.05) is 0 Å². The first-order valence-corrected chi connectivity index (χ1v) is 6.71. The molecule has 2 aromatic rings. The normalized spacial score (nSPS) is 11.3. The number of alkyl halides is 3. The van der Waals surface area contributed by atoms with E-state index in [2.05, 4.69) is 4.98 Å². The van der Waals surface area contributed by atoms with Gasteiger partial charge in [0, 0.05) is 11.8 Å². The molecule has 0 unspecified atom stereocenters. The van der Waals surface area contributed by atoms with Crippen LogP contribution in [0.25, 0.3) is 11.3 Å². The predicted octanol–water partition coefficient (Wildman–Crippen LogP) is 4.60. The van der Waals surface area contributed by atoms with Crippen molar-refractivity contribution in [3.63, 3.8) is 0 Å². The Morgan fingerprint density at radius 3 is 2.64 bits per heavy atom. The third kappa shape index (κ3) is 3.57. The van der Waals surface area contributed by atoms with E-state index in [0.717, 1.165) is 6.07 Å². The molecule has 7 heteroatoms. The summed E-state index contributed by atoms with van der Waals surface area (Å²) in [6.45, 7) is 1.90. The lowest BCUT2D eigenvalue weighted by molar-refractivity contribution is -0.137. The summed E-state index contributed by atoms with van der Waals surface area (Å²) in [7, 11) is 0. The monoisotopic (exact) mass is 329 g/mol. The number of pyridine rings is 1. The Morgan fingerprint density at radius 2 is 2.05 bits per heavy atom. The van der Waals surface area contributed by atoms with Crippen LogP contribution in [0.2, 0.25) is 5.02 Å². The zero-order valence-electron chi connectivity index (χ0n) is 11.4. The van der Waals surface area contributed by atoms with Crippen LogP contribution in [0.5, 0.6) is 0 Å². The maximum atomic E-state index is 12.6. The largest absolute Gasteiger partial charge is 0.462 e. The number of aromatic nitrogens is 1. The molecule has 0 atom stereocenters. The number of rotatable bonds is 3. The Hall–Kier alpha value is -2.08. The van der Waals surface area contributed by atoms with Gasteiger partial charge in [-0.25, -0.2) is 4.79 Å². The van der Waals surface area contributed by atoms with Crippen molar-refractivity contribution in [2.75, 3.05) is 6.61 Å². The van der Waals surface area contributed by atoms with E-state index in [0.29, 0.717) is 11.8 Å². The third-order valence-corrected chi connectivity index (χ3v) is 3.10. The van der Waals surface area contributed by atoms with Gasteiger partial charge in [-0.2, -0.15) is 13.2 Å². The molecule has 0 fully saturated rings. The van der Waals surface area contributed by atoms with E-state index in [9.17, 15) is 18.0 Å². The topological polar surface area (TPSA) is 39.2 Å². The smallest absolute Gasteiger partial charge is 0.417 e. The minimum absolute atomic E-state index is 0.143. The summed E-state index contributed by atoms with van der Waals surface area (Å²) in [6, 6.07) is 7.00. The Morgan fingerprint density at radius 1 is 1.32 bits per heavy atom. The van der Waals surface area contributed by atoms with E-state index in [1.165, 1.54) is 6.07 Å². The van der Waals surface area contributed by atoms with Gasteiger partial charge in [-0.05, 0) is 25.1 Å². The summed E-state index contributed by atoms with van der Waals surface area (Å²) in [4.78, 5) is 15.4. The first-order valence-electron chi connectivity index (χ1n) is 6.33. The molecule has 0 N–H and O–H groups in total. The van der Waals surface area contributed by atoms with Crippen LogP contribution in [0.3, 0.4) is 0 Å². The summed E-state index contributed by atoms with van der Waals surface area (Å²) < 4.78 is 42.7. The Balaban J connectivity index is 2.40. The molecule has 0 aliphatic rings. The van der Waals surface area contributed by atoms with Gasteiger partial charge in [0.25, 0.3) is 0 Å². The Bertz CT molecular complexity index is 701. The van der Waals surface area contributed by atoms with Crippen LogP contribution in [-0.2, 0) is 10.9 Å². The SMILES string of the molecule is CCOC(=O)c1cccc(-c2ncc(C(F)(F)F)cc2Cl)c1. The predicted molar refractivity (Wildman–Crippen MR) is 75.6 cm³/mol. The van der Waals surface area contributed by atoms with E-state index >= 15 is 0 Å². The van der Waals surface area contributed by atoms with Crippen molar-refractivity contribution in [1.29, 1.82) is 0 Å². The number of carbonyl (C=O) groups excluding carboxylic acids is 1. The number of esters is 1. The number of nitrogens with zero attached hydrogens (tertiary/aromatic N) is 1. The second kappa shape index (κ2) is 6.36. The van der Waals surface area contributed by atoms with Crippen LogP contribution in [0.1, 0.15) is 22.8 Å². The minimum Gasteiger partial charge on any atom is -0.462 e. The van der Waals surface area contributed by atoms with Crippen LogP contribution in [0.4, 0.5) is 13.2 Å². The minimum atomic E-state index is -4.51. The Labute approximate surface area is 129 Å². The van der Waals surface area contributed by atoms with Crippen molar-refractivity contribution in [2.45, 2.75) is 13.1 Å². The van der Waals surface area contributed by atoms with Gasteiger partial charge >= 0.3 is 12.1 Å². The first kappa shape index (κ1) is 16.3. The van der Waals surface area contributed by atoms with Crippen molar-refractivity contribution in [1.82, 2.24) is 4.98 Å². The lowest BCUT2D eigenvalue weighted by Gasteiger charge is -2.10. The van der Waals surface area contributed by atoms with Crippen molar-refractivity contribution in [2.24, 2.45) is 0 Å². The molecule has 0 aliphatic carbocycles. The quantitative estimate of drug-likeness (QED) is 0.773. The van der Waals surface area contributed by atoms with E-state index in [4.69, 9.17) is 16.3 Å². The number of hydrogen-bond acceptors (Lipinski definition) is 3. The second-order valence-corrected chi connectivity index (χ2v) is 4.76. The fraction of sp³-hybridized carbons (Fsp3) is 0.200. The fourth-order valence-corrected chi connectivity index (χ4v) is 2.09. The van der Waals surface area contributed by atoms with Gasteiger partial charge in [0.15, 0.2) is 0 Å². The maximum Gasteiger partial charge on any atom is 0.417 e. The molecule has 0 radical (unpaired) electrons. The molecule has 22 heavy (non-hydrogen) atoms. The zero-order chi connectivity index (χ0) is 16.3. The van der Waals surface area contributed by atoms with E-state index < -0.39 is 17.7 Å². The highest BCUT2D eigenvalue weighted by Gasteiger charge is 2.31. The first-order chi connectivity index (χ1) is 10.3. The number of hydrogen-bond donors (Lipinski definition) is 0. The van der Waals surface area contributed by atoms with Crippen LogP contribution in [-0.4, -0.2) is 17.6 Å². The molecule has 1 heterocycles. The summed E-state index contributed by atoms with van der Waals surface area (Å²) >= 11 is 5.88. The van der Waals surface area contributed by atoms with Crippen molar-refractivity contribution >= 4 is 17.6 Å². The van der Waals surface area contributed by atoms with Crippen LogP contribution in [0, 0.1) is 0 Å². The molecule has 0 saturated carbocycles. The molecule has 0 saturated heterocycles. The molecule has 116 valence electrons. The molecule has 0 spiro atoms. The lowest BCUT2D eigenvalue weighted by atomic mass is 10.1. The maximum absolute atomic E-state index is 12.6. The Kier molecular flexibility index (Phi) is 4.71. The van der Waals surface area contributed by atoms with Crippen molar-refractivity contribution < 1.29 is 22.7 Å². The molecule has 2 rings (SSSR count). The van der Waals surface area contributed by atoms with Gasteiger partial charge in [0.2, 0.25) is 0 Å². The number of ether oxygens (including phenoxy) is 1. The summed E-state index contributed by atoms with van der Waals surface area (Å²) in [5.74, 6) is -0.521. The number of halogens is 4. The molecule has 0 amide bonds. The van der Waals surface area contributed by atoms with E-state index in [1.54, 1.807) is 25.1 Å². The standard InChI is InChI=1S/C15H11ClF3NO2/c1-2-22-14(21)10-5-3-4-9(6-10)13-12(16)7-11(8-20-13)15(17,18)19/h3-8H,2H2,1H3. The van der Waals surface area contributed by atoms with E-state index in [-0.39, 0.29) is 22.9 Å². The molecule has 0 aliphatic heterocycles. The summed E-state index contributed by atoms with van der Waals surface area (Å²) in [5.41, 5.74) is -0.0509. The molecule has 1 aromatic heterocycles. The van der Waals surface area contributed by atoms with Gasteiger partial charge < -0.3 is 4.74 Å². The van der Waals surface area contributed by atoms with Gasteiger partial charge in [0.1, 0.15) is 0 Å². The molecule has 3 nitrogen and oxygen atoms in total. The highest BCUT2D eigenvalue weighted by molar-refractivity contribution is 6.33. The van der Waals surface area contributed by atoms with Gasteiger partial charge in [-0.15, -0.1) is 0 Å². The zero-order valence-corrected chi connectivity index (χ0v) is 12.2. The van der Waals surface area contributed by atoms with Crippen molar-refractivity contribution in [3.05, 3.63) is 52.7 Å². The molecule has 1 aromatic carbocycles. The number of carbonyl (C=O) groups is 1. The van der Waals surface area contributed by atoms with Crippen molar-refractivity contribution in [3.8, 4) is 11.3 Å². The fourth-order valence-electron chi connectivity index (χ4n) is 1.81. The average Bonchev–Trinajstić information content (AvgIpc) is 2.46. The van der Waals surface area contributed by atoms with Gasteiger partial charge in [-0.3, -0.25) is 4.98 Å². The molecule has 0 bridgehead atoms. The van der Waals surface area contributed by atoms with Gasteiger partial charge in [-0.1, -0.05) is 23.7 Å². The lowest BCUT2D eigenvalue weighted by Crippen LogP contribution is -2.06. The summed E-state index contributed by atoms with van der Waals surface area (Å²) in [6.07, 6.45) is -3.81. The molecular formula is C15H11ClF3NO2. The molecular weight excluding hydrogens is 319 g/mol.